The smallest absolute Gasteiger partial charge is 0.358 e. The molecule has 0 saturated carbocycles. The molecule has 2 aromatic heterocycles. The average molecular weight is 410 g/mol. The predicted octanol–water partition coefficient (Wildman–Crippen LogP) is 2.04. The van der Waals surface area contributed by atoms with Gasteiger partial charge >= 0.3 is 5.97 Å². The van der Waals surface area contributed by atoms with Gasteiger partial charge < -0.3 is 10.1 Å². The minimum Gasteiger partial charge on any atom is -0.461 e. The lowest BCUT2D eigenvalue weighted by molar-refractivity contribution is 0.0517. The van der Waals surface area contributed by atoms with Crippen LogP contribution >= 0.6 is 11.3 Å². The van der Waals surface area contributed by atoms with Crippen LogP contribution in [0.5, 0.6) is 0 Å². The van der Waals surface area contributed by atoms with Crippen LogP contribution in [0.3, 0.4) is 0 Å². The number of carbonyl (C=O) groups excluding carboxylic acids is 3. The van der Waals surface area contributed by atoms with E-state index in [-0.39, 0.29) is 30.7 Å². The van der Waals surface area contributed by atoms with Crippen LogP contribution in [0.2, 0.25) is 0 Å². The number of hydrogen-bond donors (Lipinski definition) is 1. The molecule has 0 radical (unpaired) electrons. The Balaban J connectivity index is 1.42. The predicted molar refractivity (Wildman–Crippen MR) is 102 cm³/mol. The molecule has 0 unspecified atom stereocenters. The van der Waals surface area contributed by atoms with E-state index in [1.165, 1.54) is 17.4 Å². The molecule has 1 aromatic carbocycles. The van der Waals surface area contributed by atoms with Gasteiger partial charge in [0.1, 0.15) is 5.01 Å². The molecule has 0 bridgehead atoms. The molecular formula is C18H14N6O4S. The Kier molecular flexibility index (Phi) is 4.96. The van der Waals surface area contributed by atoms with E-state index in [0.717, 1.165) is 4.90 Å². The van der Waals surface area contributed by atoms with E-state index in [2.05, 4.69) is 25.7 Å². The fourth-order valence-electron chi connectivity index (χ4n) is 2.71. The molecule has 0 spiro atoms. The highest BCUT2D eigenvalue weighted by Gasteiger charge is 2.35. The van der Waals surface area contributed by atoms with Gasteiger partial charge in [0.15, 0.2) is 11.5 Å². The number of nitrogens with zero attached hydrogens (tertiary/aromatic N) is 5. The first-order valence-electron chi connectivity index (χ1n) is 8.62. The van der Waals surface area contributed by atoms with E-state index in [9.17, 15) is 14.4 Å². The number of hydrogen-bond acceptors (Lipinski definition) is 10. The monoisotopic (exact) mass is 410 g/mol. The van der Waals surface area contributed by atoms with E-state index in [0.29, 0.717) is 27.1 Å². The Morgan fingerprint density at radius 3 is 2.38 bits per heavy atom. The summed E-state index contributed by atoms with van der Waals surface area (Å²) in [5.41, 5.74) is 0.871. The number of fused-ring (bicyclic) bond motifs is 1. The SMILES string of the molecule is CCOC(=O)c1ccc(Nc2nnc(CN3C(=O)c4ccccc4C3=O)s2)nn1. The zero-order valence-electron chi connectivity index (χ0n) is 15.2. The summed E-state index contributed by atoms with van der Waals surface area (Å²) in [6.07, 6.45) is 0. The van der Waals surface area contributed by atoms with Crippen molar-refractivity contribution in [2.45, 2.75) is 13.5 Å². The Hall–Kier alpha value is -3.73. The van der Waals surface area contributed by atoms with Gasteiger partial charge in [-0.05, 0) is 31.2 Å². The van der Waals surface area contributed by atoms with Gasteiger partial charge in [0.05, 0.1) is 24.3 Å². The summed E-state index contributed by atoms with van der Waals surface area (Å²) in [5.74, 6) is -0.890. The molecular weight excluding hydrogens is 396 g/mol. The lowest BCUT2D eigenvalue weighted by Gasteiger charge is -2.10. The highest BCUT2D eigenvalue weighted by atomic mass is 32.1. The van der Waals surface area contributed by atoms with Crippen molar-refractivity contribution in [2.75, 3.05) is 11.9 Å². The minimum atomic E-state index is -0.550. The molecule has 3 heterocycles. The van der Waals surface area contributed by atoms with Crippen molar-refractivity contribution >= 4 is 40.1 Å². The third-order valence-electron chi connectivity index (χ3n) is 4.02. The summed E-state index contributed by atoms with van der Waals surface area (Å²) in [7, 11) is 0. The summed E-state index contributed by atoms with van der Waals surface area (Å²) in [6, 6.07) is 9.73. The number of ether oxygens (including phenoxy) is 1. The Labute approximate surface area is 168 Å². The lowest BCUT2D eigenvalue weighted by Crippen LogP contribution is -2.29. The number of rotatable bonds is 6. The van der Waals surface area contributed by atoms with Crippen molar-refractivity contribution in [3.8, 4) is 0 Å². The summed E-state index contributed by atoms with van der Waals surface area (Å²) in [5, 5.41) is 19.5. The maximum atomic E-state index is 12.4. The van der Waals surface area contributed by atoms with E-state index in [4.69, 9.17) is 4.74 Å². The van der Waals surface area contributed by atoms with Crippen LogP contribution in [0.25, 0.3) is 0 Å². The molecule has 11 heteroatoms. The second-order valence-electron chi connectivity index (χ2n) is 5.89. The first-order valence-corrected chi connectivity index (χ1v) is 9.44. The minimum absolute atomic E-state index is 0.0270. The number of amides is 2. The van der Waals surface area contributed by atoms with Gasteiger partial charge in [-0.3, -0.25) is 14.5 Å². The number of aromatic nitrogens is 4. The molecule has 10 nitrogen and oxygen atoms in total. The number of carbonyl (C=O) groups is 3. The first kappa shape index (κ1) is 18.6. The Morgan fingerprint density at radius 1 is 1.03 bits per heavy atom. The molecule has 146 valence electrons. The van der Waals surface area contributed by atoms with Gasteiger partial charge in [0.2, 0.25) is 5.13 Å². The van der Waals surface area contributed by atoms with E-state index in [1.54, 1.807) is 37.3 Å². The summed E-state index contributed by atoms with van der Waals surface area (Å²) < 4.78 is 4.85. The van der Waals surface area contributed by atoms with Crippen LogP contribution in [0.15, 0.2) is 36.4 Å². The zero-order valence-corrected chi connectivity index (χ0v) is 16.0. The van der Waals surface area contributed by atoms with Crippen LogP contribution in [-0.4, -0.2) is 49.7 Å². The summed E-state index contributed by atoms with van der Waals surface area (Å²) >= 11 is 1.18. The maximum Gasteiger partial charge on any atom is 0.358 e. The van der Waals surface area contributed by atoms with Crippen LogP contribution in [-0.2, 0) is 11.3 Å². The molecule has 2 amide bonds. The highest BCUT2D eigenvalue weighted by molar-refractivity contribution is 7.15. The molecule has 1 N–H and O–H groups in total. The van der Waals surface area contributed by atoms with E-state index >= 15 is 0 Å². The van der Waals surface area contributed by atoms with Crippen molar-refractivity contribution in [1.29, 1.82) is 0 Å². The number of nitrogens with one attached hydrogen (secondary N) is 1. The molecule has 0 saturated heterocycles. The van der Waals surface area contributed by atoms with Gasteiger partial charge in [-0.25, -0.2) is 4.79 Å². The third-order valence-corrected chi connectivity index (χ3v) is 4.85. The van der Waals surface area contributed by atoms with Gasteiger partial charge in [0, 0.05) is 0 Å². The second kappa shape index (κ2) is 7.72. The quantitative estimate of drug-likeness (QED) is 0.479. The van der Waals surface area contributed by atoms with Gasteiger partial charge in [0.25, 0.3) is 11.8 Å². The molecule has 0 fully saturated rings. The summed E-state index contributed by atoms with van der Waals surface area (Å²) in [4.78, 5) is 37.6. The molecule has 29 heavy (non-hydrogen) atoms. The van der Waals surface area contributed by atoms with E-state index in [1.807, 2.05) is 0 Å². The fraction of sp³-hybridized carbons (Fsp3) is 0.167. The van der Waals surface area contributed by atoms with Crippen molar-refractivity contribution in [3.63, 3.8) is 0 Å². The van der Waals surface area contributed by atoms with E-state index < -0.39 is 5.97 Å². The van der Waals surface area contributed by atoms with Crippen LogP contribution in [0, 0.1) is 0 Å². The van der Waals surface area contributed by atoms with Crippen molar-refractivity contribution < 1.29 is 19.1 Å². The Morgan fingerprint density at radius 2 is 1.76 bits per heavy atom. The molecule has 0 aliphatic carbocycles. The van der Waals surface area contributed by atoms with Gasteiger partial charge in [-0.1, -0.05) is 23.5 Å². The number of esters is 1. The molecule has 1 aliphatic heterocycles. The van der Waals surface area contributed by atoms with Crippen molar-refractivity contribution in [3.05, 3.63) is 58.2 Å². The average Bonchev–Trinajstić information content (AvgIpc) is 3.27. The largest absolute Gasteiger partial charge is 0.461 e. The fourth-order valence-corrected chi connectivity index (χ4v) is 3.44. The topological polar surface area (TPSA) is 127 Å². The number of benzene rings is 1. The zero-order chi connectivity index (χ0) is 20.4. The normalized spacial score (nSPS) is 12.8. The van der Waals surface area contributed by atoms with Crippen molar-refractivity contribution in [2.24, 2.45) is 0 Å². The standard InChI is InChI=1S/C18H14N6O4S/c1-2-28-17(27)12-7-8-13(21-20-12)19-18-23-22-14(29-18)9-24-15(25)10-5-3-4-6-11(10)16(24)26/h3-8H,2,9H2,1H3,(H,19,21,23). The highest BCUT2D eigenvalue weighted by Crippen LogP contribution is 2.26. The van der Waals surface area contributed by atoms with Crippen LogP contribution in [0.4, 0.5) is 10.9 Å². The maximum absolute atomic E-state index is 12.4. The molecule has 3 aromatic rings. The van der Waals surface area contributed by atoms with Crippen molar-refractivity contribution in [1.82, 2.24) is 25.3 Å². The van der Waals surface area contributed by atoms with Gasteiger partial charge in [-0.15, -0.1) is 20.4 Å². The molecule has 1 aliphatic rings. The molecule has 0 atom stereocenters. The second-order valence-corrected chi connectivity index (χ2v) is 6.95. The summed E-state index contributed by atoms with van der Waals surface area (Å²) in [6.45, 7) is 1.98. The Bertz CT molecular complexity index is 1060. The molecule has 4 rings (SSSR count). The number of imide groups is 1. The lowest BCUT2D eigenvalue weighted by atomic mass is 10.1. The van der Waals surface area contributed by atoms with Crippen LogP contribution < -0.4 is 5.32 Å². The van der Waals surface area contributed by atoms with Crippen LogP contribution in [0.1, 0.15) is 43.1 Å². The van der Waals surface area contributed by atoms with Gasteiger partial charge in [-0.2, -0.15) is 0 Å². The first-order chi connectivity index (χ1) is 14.1. The third kappa shape index (κ3) is 3.67. The number of anilines is 2.